The number of aliphatic hydroxyl groups excluding tert-OH is 1. The lowest BCUT2D eigenvalue weighted by Crippen LogP contribution is -2.19. The summed E-state index contributed by atoms with van der Waals surface area (Å²) >= 11 is 0. The summed E-state index contributed by atoms with van der Waals surface area (Å²) in [7, 11) is 1.50. The number of aliphatic hydroxyl groups is 1. The Hall–Kier alpha value is -0.930. The van der Waals surface area contributed by atoms with Gasteiger partial charge in [0, 0.05) is 12.7 Å². The molecule has 0 radical (unpaired) electrons. The lowest BCUT2D eigenvalue weighted by atomic mass is 9.97. The molecule has 15 heavy (non-hydrogen) atoms. The molecule has 0 fully saturated rings. The summed E-state index contributed by atoms with van der Waals surface area (Å²) < 4.78 is 18.6. The molecule has 0 amide bonds. The van der Waals surface area contributed by atoms with E-state index in [-0.39, 0.29) is 5.82 Å². The predicted octanol–water partition coefficient (Wildman–Crippen LogP) is 2.51. The third kappa shape index (κ3) is 2.55. The maximum Gasteiger partial charge on any atom is 0.129 e. The highest BCUT2D eigenvalue weighted by atomic mass is 19.1. The van der Waals surface area contributed by atoms with Crippen LogP contribution in [0.3, 0.4) is 0 Å². The Morgan fingerprint density at radius 2 is 1.93 bits per heavy atom. The maximum atomic E-state index is 13.6. The SMILES string of the molecule is COC(C)C(O)c1c(C)cc(C)cc1F. The van der Waals surface area contributed by atoms with Gasteiger partial charge in [-0.1, -0.05) is 6.07 Å². The van der Waals surface area contributed by atoms with Gasteiger partial charge in [-0.15, -0.1) is 0 Å². The predicted molar refractivity (Wildman–Crippen MR) is 57.3 cm³/mol. The van der Waals surface area contributed by atoms with Crippen molar-refractivity contribution in [1.82, 2.24) is 0 Å². The lowest BCUT2D eigenvalue weighted by Gasteiger charge is -2.20. The number of ether oxygens (including phenoxy) is 1. The largest absolute Gasteiger partial charge is 0.386 e. The van der Waals surface area contributed by atoms with Crippen molar-refractivity contribution >= 4 is 0 Å². The van der Waals surface area contributed by atoms with Crippen LogP contribution in [0, 0.1) is 19.7 Å². The third-order valence-corrected chi connectivity index (χ3v) is 2.59. The molecule has 0 heterocycles. The fourth-order valence-corrected chi connectivity index (χ4v) is 1.67. The van der Waals surface area contributed by atoms with E-state index in [0.717, 1.165) is 11.1 Å². The van der Waals surface area contributed by atoms with Gasteiger partial charge in [0.2, 0.25) is 0 Å². The molecule has 1 aromatic carbocycles. The molecule has 0 saturated carbocycles. The first kappa shape index (κ1) is 12.1. The molecular formula is C12H17FO2. The highest BCUT2D eigenvalue weighted by Crippen LogP contribution is 2.26. The number of methoxy groups -OCH3 is 1. The molecule has 1 aromatic rings. The summed E-state index contributed by atoms with van der Waals surface area (Å²) in [5, 5.41) is 9.88. The minimum Gasteiger partial charge on any atom is -0.386 e. The summed E-state index contributed by atoms with van der Waals surface area (Å²) in [6, 6.07) is 3.28. The molecule has 2 nitrogen and oxygen atoms in total. The number of benzene rings is 1. The first-order valence-electron chi connectivity index (χ1n) is 4.95. The van der Waals surface area contributed by atoms with E-state index in [2.05, 4.69) is 0 Å². The standard InChI is InChI=1S/C12H17FO2/c1-7-5-8(2)11(10(13)6-7)12(14)9(3)15-4/h5-6,9,12,14H,1-4H3. The molecule has 0 spiro atoms. The summed E-state index contributed by atoms with van der Waals surface area (Å²) in [4.78, 5) is 0. The van der Waals surface area contributed by atoms with Crippen molar-refractivity contribution in [3.8, 4) is 0 Å². The van der Waals surface area contributed by atoms with Crippen LogP contribution in [-0.4, -0.2) is 18.3 Å². The van der Waals surface area contributed by atoms with Crippen LogP contribution in [0.25, 0.3) is 0 Å². The Balaban J connectivity index is 3.13. The average Bonchev–Trinajstić information content (AvgIpc) is 2.14. The minimum atomic E-state index is -0.921. The van der Waals surface area contributed by atoms with Crippen molar-refractivity contribution in [3.05, 3.63) is 34.6 Å². The zero-order chi connectivity index (χ0) is 11.6. The molecule has 0 saturated heterocycles. The van der Waals surface area contributed by atoms with E-state index in [9.17, 15) is 9.50 Å². The third-order valence-electron chi connectivity index (χ3n) is 2.59. The minimum absolute atomic E-state index is 0.329. The van der Waals surface area contributed by atoms with E-state index in [1.165, 1.54) is 13.2 Å². The summed E-state index contributed by atoms with van der Waals surface area (Å²) in [5.41, 5.74) is 1.94. The normalized spacial score (nSPS) is 15.1. The van der Waals surface area contributed by atoms with Crippen LogP contribution in [0.5, 0.6) is 0 Å². The van der Waals surface area contributed by atoms with Gasteiger partial charge < -0.3 is 9.84 Å². The Labute approximate surface area is 89.7 Å². The number of hydrogen-bond acceptors (Lipinski definition) is 2. The van der Waals surface area contributed by atoms with Crippen molar-refractivity contribution in [1.29, 1.82) is 0 Å². The molecule has 2 unspecified atom stereocenters. The number of aryl methyl sites for hydroxylation is 2. The highest BCUT2D eigenvalue weighted by molar-refractivity contribution is 5.34. The van der Waals surface area contributed by atoms with Gasteiger partial charge in [-0.2, -0.15) is 0 Å². The van der Waals surface area contributed by atoms with Crippen LogP contribution in [-0.2, 0) is 4.74 Å². The molecule has 0 aliphatic rings. The van der Waals surface area contributed by atoms with Gasteiger partial charge in [-0.25, -0.2) is 4.39 Å². The fraction of sp³-hybridized carbons (Fsp3) is 0.500. The first-order chi connectivity index (χ1) is 6.97. The Kier molecular flexibility index (Phi) is 3.83. The van der Waals surface area contributed by atoms with Gasteiger partial charge in [0.1, 0.15) is 11.9 Å². The number of halogens is 1. The molecule has 2 atom stereocenters. The van der Waals surface area contributed by atoms with Crippen molar-refractivity contribution in [2.75, 3.05) is 7.11 Å². The monoisotopic (exact) mass is 212 g/mol. The van der Waals surface area contributed by atoms with E-state index in [0.29, 0.717) is 5.56 Å². The highest BCUT2D eigenvalue weighted by Gasteiger charge is 2.21. The van der Waals surface area contributed by atoms with Crippen LogP contribution < -0.4 is 0 Å². The smallest absolute Gasteiger partial charge is 0.129 e. The average molecular weight is 212 g/mol. The maximum absolute atomic E-state index is 13.6. The Bertz CT molecular complexity index is 326. The second-order valence-electron chi connectivity index (χ2n) is 3.86. The fourth-order valence-electron chi connectivity index (χ4n) is 1.67. The van der Waals surface area contributed by atoms with E-state index in [1.54, 1.807) is 13.8 Å². The van der Waals surface area contributed by atoms with Crippen LogP contribution >= 0.6 is 0 Å². The van der Waals surface area contributed by atoms with E-state index >= 15 is 0 Å². The molecule has 3 heteroatoms. The van der Waals surface area contributed by atoms with Gasteiger partial charge >= 0.3 is 0 Å². The Morgan fingerprint density at radius 1 is 1.33 bits per heavy atom. The van der Waals surface area contributed by atoms with Crippen LogP contribution in [0.15, 0.2) is 12.1 Å². The van der Waals surface area contributed by atoms with Crippen molar-refractivity contribution in [3.63, 3.8) is 0 Å². The second-order valence-corrected chi connectivity index (χ2v) is 3.86. The summed E-state index contributed by atoms with van der Waals surface area (Å²) in [5.74, 6) is -0.371. The van der Waals surface area contributed by atoms with Crippen molar-refractivity contribution in [2.24, 2.45) is 0 Å². The molecule has 0 aliphatic heterocycles. The summed E-state index contributed by atoms with van der Waals surface area (Å²) in [6.07, 6.45) is -1.34. The molecule has 0 bridgehead atoms. The quantitative estimate of drug-likeness (QED) is 0.834. The van der Waals surface area contributed by atoms with Gasteiger partial charge in [0.05, 0.1) is 6.10 Å². The van der Waals surface area contributed by atoms with E-state index in [1.807, 2.05) is 13.0 Å². The first-order valence-corrected chi connectivity index (χ1v) is 4.95. The van der Waals surface area contributed by atoms with Gasteiger partial charge in [0.25, 0.3) is 0 Å². The van der Waals surface area contributed by atoms with Gasteiger partial charge in [0.15, 0.2) is 0 Å². The van der Waals surface area contributed by atoms with E-state index < -0.39 is 12.2 Å². The molecule has 1 rings (SSSR count). The van der Waals surface area contributed by atoms with Gasteiger partial charge in [-0.05, 0) is 38.0 Å². The zero-order valence-electron chi connectivity index (χ0n) is 9.54. The zero-order valence-corrected chi connectivity index (χ0v) is 9.54. The van der Waals surface area contributed by atoms with Crippen molar-refractivity contribution in [2.45, 2.75) is 33.0 Å². The van der Waals surface area contributed by atoms with Crippen LogP contribution in [0.2, 0.25) is 0 Å². The number of hydrogen-bond donors (Lipinski definition) is 1. The molecule has 0 aliphatic carbocycles. The van der Waals surface area contributed by atoms with Crippen molar-refractivity contribution < 1.29 is 14.2 Å². The summed E-state index contributed by atoms with van der Waals surface area (Å²) in [6.45, 7) is 5.33. The Morgan fingerprint density at radius 3 is 2.40 bits per heavy atom. The topological polar surface area (TPSA) is 29.5 Å². The molecule has 1 N–H and O–H groups in total. The number of rotatable bonds is 3. The molecule has 0 aromatic heterocycles. The van der Waals surface area contributed by atoms with E-state index in [4.69, 9.17) is 4.74 Å². The van der Waals surface area contributed by atoms with Gasteiger partial charge in [-0.3, -0.25) is 0 Å². The van der Waals surface area contributed by atoms with Crippen LogP contribution in [0.1, 0.15) is 29.7 Å². The second kappa shape index (κ2) is 4.73. The lowest BCUT2D eigenvalue weighted by molar-refractivity contribution is -0.00347. The molecular weight excluding hydrogens is 195 g/mol. The molecule has 84 valence electrons. The van der Waals surface area contributed by atoms with Crippen LogP contribution in [0.4, 0.5) is 4.39 Å².